The lowest BCUT2D eigenvalue weighted by Gasteiger charge is -2.23. The Hall–Kier alpha value is -2.13. The Labute approximate surface area is 146 Å². The van der Waals surface area contributed by atoms with Crippen LogP contribution in [-0.2, 0) is 23.1 Å². The van der Waals surface area contributed by atoms with Crippen molar-refractivity contribution in [2.24, 2.45) is 5.92 Å². The molecule has 1 aliphatic heterocycles. The molecule has 2 aromatic rings. The highest BCUT2D eigenvalue weighted by atomic mass is 32.2. The van der Waals surface area contributed by atoms with Crippen molar-refractivity contribution in [1.82, 2.24) is 19.4 Å². The number of fused-ring (bicyclic) bond motifs is 1. The molecule has 1 atom stereocenters. The largest absolute Gasteiger partial charge is 0.459 e. The molecule has 3 heterocycles. The zero-order valence-corrected chi connectivity index (χ0v) is 15.1. The quantitative estimate of drug-likeness (QED) is 0.851. The molecule has 25 heavy (non-hydrogen) atoms. The summed E-state index contributed by atoms with van der Waals surface area (Å²) in [6.07, 6.45) is 4.99. The molecule has 9 heteroatoms. The van der Waals surface area contributed by atoms with Gasteiger partial charge in [0.2, 0.25) is 10.0 Å². The summed E-state index contributed by atoms with van der Waals surface area (Å²) < 4.78 is 32.3. The van der Waals surface area contributed by atoms with E-state index in [4.69, 9.17) is 4.42 Å². The van der Waals surface area contributed by atoms with Crippen LogP contribution in [0.25, 0.3) is 0 Å². The molecule has 0 unspecified atom stereocenters. The Morgan fingerprint density at radius 1 is 1.40 bits per heavy atom. The van der Waals surface area contributed by atoms with Gasteiger partial charge in [-0.05, 0) is 31.4 Å². The van der Waals surface area contributed by atoms with Gasteiger partial charge in [-0.25, -0.2) is 13.1 Å². The van der Waals surface area contributed by atoms with Gasteiger partial charge >= 0.3 is 0 Å². The molecule has 0 fully saturated rings. The fourth-order valence-corrected chi connectivity index (χ4v) is 3.54. The summed E-state index contributed by atoms with van der Waals surface area (Å²) in [6.45, 7) is 3.80. The fraction of sp³-hybridized carbons (Fsp3) is 0.500. The second-order valence-corrected chi connectivity index (χ2v) is 8.28. The first kappa shape index (κ1) is 17.7. The summed E-state index contributed by atoms with van der Waals surface area (Å²) >= 11 is 0. The number of hydrogen-bond donors (Lipinski definition) is 1. The number of rotatable bonds is 5. The molecular formula is C16H22N4O4S. The van der Waals surface area contributed by atoms with Crippen molar-refractivity contribution in [2.75, 3.05) is 19.3 Å². The lowest BCUT2D eigenvalue weighted by Crippen LogP contribution is -2.35. The van der Waals surface area contributed by atoms with Gasteiger partial charge in [0, 0.05) is 31.4 Å². The lowest BCUT2D eigenvalue weighted by molar-refractivity contribution is 0.0685. The molecule has 0 bridgehead atoms. The molecule has 3 rings (SSSR count). The van der Waals surface area contributed by atoms with E-state index in [1.807, 2.05) is 17.7 Å². The standard InChI is InChI=1S/C16H22N4O4S/c1-12-5-8-24-15(12)16(21)19-9-13(3-7-18-25(2,22)23)10-20-14(11-19)4-6-17-20/h4-6,8,13,18H,3,7,9-11H2,1-2H3/t13-/m0/s1. The third-order valence-corrected chi connectivity index (χ3v) is 5.06. The van der Waals surface area contributed by atoms with Gasteiger partial charge in [-0.1, -0.05) is 0 Å². The van der Waals surface area contributed by atoms with E-state index in [9.17, 15) is 13.2 Å². The van der Waals surface area contributed by atoms with Crippen LogP contribution in [0.1, 0.15) is 28.2 Å². The average molecular weight is 366 g/mol. The van der Waals surface area contributed by atoms with Crippen LogP contribution < -0.4 is 4.72 Å². The average Bonchev–Trinajstić information content (AvgIpc) is 3.10. The SMILES string of the molecule is Cc1ccoc1C(=O)N1Cc2ccnn2C[C@@H](CCNS(C)(=O)=O)C1. The Balaban J connectivity index is 1.77. The molecule has 8 nitrogen and oxygen atoms in total. The predicted octanol–water partition coefficient (Wildman–Crippen LogP) is 0.996. The molecule has 136 valence electrons. The first-order chi connectivity index (χ1) is 11.8. The lowest BCUT2D eigenvalue weighted by atomic mass is 10.1. The summed E-state index contributed by atoms with van der Waals surface area (Å²) in [6, 6.07) is 3.66. The predicted molar refractivity (Wildman–Crippen MR) is 91.4 cm³/mol. The monoisotopic (exact) mass is 366 g/mol. The van der Waals surface area contributed by atoms with Crippen molar-refractivity contribution in [3.8, 4) is 0 Å². The highest BCUT2D eigenvalue weighted by molar-refractivity contribution is 7.88. The Morgan fingerprint density at radius 3 is 2.88 bits per heavy atom. The van der Waals surface area contributed by atoms with Crippen molar-refractivity contribution in [3.05, 3.63) is 41.6 Å². The molecule has 1 aliphatic rings. The minimum absolute atomic E-state index is 0.0922. The normalized spacial score (nSPS) is 18.0. The topological polar surface area (TPSA) is 97.4 Å². The maximum atomic E-state index is 12.8. The van der Waals surface area contributed by atoms with Crippen molar-refractivity contribution >= 4 is 15.9 Å². The number of nitrogens with zero attached hydrogens (tertiary/aromatic N) is 3. The number of aromatic nitrogens is 2. The van der Waals surface area contributed by atoms with Gasteiger partial charge < -0.3 is 9.32 Å². The Morgan fingerprint density at radius 2 is 2.20 bits per heavy atom. The van der Waals surface area contributed by atoms with Crippen LogP contribution in [0.3, 0.4) is 0 Å². The van der Waals surface area contributed by atoms with Crippen molar-refractivity contribution < 1.29 is 17.6 Å². The van der Waals surface area contributed by atoms with Crippen molar-refractivity contribution in [1.29, 1.82) is 0 Å². The summed E-state index contributed by atoms with van der Waals surface area (Å²) in [7, 11) is -3.22. The highest BCUT2D eigenvalue weighted by Crippen LogP contribution is 2.21. The van der Waals surface area contributed by atoms with E-state index >= 15 is 0 Å². The maximum Gasteiger partial charge on any atom is 0.290 e. The molecule has 1 amide bonds. The zero-order chi connectivity index (χ0) is 18.0. The van der Waals surface area contributed by atoms with Crippen LogP contribution >= 0.6 is 0 Å². The second kappa shape index (κ2) is 7.01. The highest BCUT2D eigenvalue weighted by Gasteiger charge is 2.28. The number of nitrogens with one attached hydrogen (secondary N) is 1. The van der Waals surface area contributed by atoms with Crippen LogP contribution in [0, 0.1) is 12.8 Å². The van der Waals surface area contributed by atoms with Crippen LogP contribution in [0.4, 0.5) is 0 Å². The molecular weight excluding hydrogens is 344 g/mol. The first-order valence-electron chi connectivity index (χ1n) is 8.12. The molecule has 2 aromatic heterocycles. The van der Waals surface area contributed by atoms with Crippen LogP contribution in [0.15, 0.2) is 29.0 Å². The Kier molecular flexibility index (Phi) is 4.96. The van der Waals surface area contributed by atoms with Gasteiger partial charge in [0.25, 0.3) is 5.91 Å². The van der Waals surface area contributed by atoms with E-state index in [-0.39, 0.29) is 11.8 Å². The summed E-state index contributed by atoms with van der Waals surface area (Å²) in [5.41, 5.74) is 1.76. The number of carbonyl (C=O) groups is 1. The second-order valence-electron chi connectivity index (χ2n) is 6.44. The molecule has 1 N–H and O–H groups in total. The number of sulfonamides is 1. The third kappa shape index (κ3) is 4.29. The van der Waals surface area contributed by atoms with Crippen molar-refractivity contribution in [3.63, 3.8) is 0 Å². The number of amides is 1. The zero-order valence-electron chi connectivity index (χ0n) is 14.3. The van der Waals surface area contributed by atoms with Gasteiger partial charge in [0.05, 0.1) is 24.8 Å². The van der Waals surface area contributed by atoms with Crippen LogP contribution in [-0.4, -0.2) is 48.4 Å². The summed E-state index contributed by atoms with van der Waals surface area (Å²) in [5, 5.41) is 4.31. The molecule has 0 spiro atoms. The number of aryl methyl sites for hydroxylation is 1. The van der Waals surface area contributed by atoms with E-state index in [1.54, 1.807) is 17.2 Å². The van der Waals surface area contributed by atoms with Crippen LogP contribution in [0.5, 0.6) is 0 Å². The van der Waals surface area contributed by atoms with Crippen LogP contribution in [0.2, 0.25) is 0 Å². The van der Waals surface area contributed by atoms with Gasteiger partial charge in [-0.3, -0.25) is 9.48 Å². The number of furan rings is 1. The van der Waals surface area contributed by atoms with E-state index in [2.05, 4.69) is 9.82 Å². The van der Waals surface area contributed by atoms with Crippen molar-refractivity contribution in [2.45, 2.75) is 26.4 Å². The summed E-state index contributed by atoms with van der Waals surface area (Å²) in [4.78, 5) is 14.6. The van der Waals surface area contributed by atoms with Gasteiger partial charge in [0.1, 0.15) is 0 Å². The third-order valence-electron chi connectivity index (χ3n) is 4.33. The van der Waals surface area contributed by atoms with E-state index < -0.39 is 10.0 Å². The van der Waals surface area contributed by atoms with Gasteiger partial charge in [0.15, 0.2) is 5.76 Å². The smallest absolute Gasteiger partial charge is 0.290 e. The van der Waals surface area contributed by atoms with E-state index in [0.717, 1.165) is 17.5 Å². The Bertz CT molecular complexity index is 855. The van der Waals surface area contributed by atoms with Gasteiger partial charge in [-0.15, -0.1) is 0 Å². The maximum absolute atomic E-state index is 12.8. The molecule has 0 radical (unpaired) electrons. The molecule has 0 aliphatic carbocycles. The van der Waals surface area contributed by atoms with E-state index in [0.29, 0.717) is 38.4 Å². The first-order valence-corrected chi connectivity index (χ1v) is 10.0. The molecule has 0 aromatic carbocycles. The number of hydrogen-bond acceptors (Lipinski definition) is 5. The minimum atomic E-state index is -3.22. The molecule has 0 saturated heterocycles. The molecule has 0 saturated carbocycles. The number of carbonyl (C=O) groups excluding carboxylic acids is 1. The fourth-order valence-electron chi connectivity index (χ4n) is 3.05. The van der Waals surface area contributed by atoms with E-state index in [1.165, 1.54) is 6.26 Å². The van der Waals surface area contributed by atoms with Gasteiger partial charge in [-0.2, -0.15) is 5.10 Å². The minimum Gasteiger partial charge on any atom is -0.459 e. The summed E-state index contributed by atoms with van der Waals surface area (Å²) in [5.74, 6) is 0.286.